The lowest BCUT2D eigenvalue weighted by molar-refractivity contribution is -0.254. The van der Waals surface area contributed by atoms with E-state index in [1.165, 1.54) is 6.07 Å². The fourth-order valence-corrected chi connectivity index (χ4v) is 10.2. The summed E-state index contributed by atoms with van der Waals surface area (Å²) in [6.07, 6.45) is 0.159. The molecule has 0 aliphatic heterocycles. The van der Waals surface area contributed by atoms with Crippen LogP contribution in [0.1, 0.15) is 41.0 Å². The summed E-state index contributed by atoms with van der Waals surface area (Å²) in [5.74, 6) is -2.40. The van der Waals surface area contributed by atoms with Gasteiger partial charge in [-0.1, -0.05) is 110 Å². The molecule has 0 aliphatic carbocycles. The van der Waals surface area contributed by atoms with Crippen LogP contribution in [0, 0.1) is 0 Å². The fourth-order valence-electron chi connectivity index (χ4n) is 5.65. The molecule has 2 unspecified atom stereocenters. The summed E-state index contributed by atoms with van der Waals surface area (Å²) in [7, 11) is -3.10. The van der Waals surface area contributed by atoms with Crippen LogP contribution in [0.4, 0.5) is 0 Å². The number of aromatic carboxylic acids is 1. The normalized spacial score (nSPS) is 12.6. The molecule has 5 aromatic carbocycles. The molecule has 0 saturated heterocycles. The highest BCUT2D eigenvalue weighted by Gasteiger charge is 2.60. The van der Waals surface area contributed by atoms with Gasteiger partial charge in [0, 0.05) is 11.1 Å². The SMILES string of the molecule is CCC(C)OC(=O)C(C(=O)c1ccccc1-c1ccccc1C(=O)[O-])[P+](c1ccccc1)(c1ccccc1)c1ccccc1. The van der Waals surface area contributed by atoms with Gasteiger partial charge in [-0.25, -0.2) is 4.79 Å². The summed E-state index contributed by atoms with van der Waals surface area (Å²) < 4.78 is 6.05. The maximum absolute atomic E-state index is 15.3. The Morgan fingerprint density at radius 1 is 0.614 bits per heavy atom. The van der Waals surface area contributed by atoms with E-state index in [9.17, 15) is 14.7 Å². The van der Waals surface area contributed by atoms with Gasteiger partial charge >= 0.3 is 5.97 Å². The van der Waals surface area contributed by atoms with E-state index in [4.69, 9.17) is 4.74 Å². The molecule has 0 fully saturated rings. The van der Waals surface area contributed by atoms with Gasteiger partial charge in [0.1, 0.15) is 23.2 Å². The van der Waals surface area contributed by atoms with Crippen LogP contribution in [0.3, 0.4) is 0 Å². The average molecular weight is 601 g/mol. The molecule has 0 spiro atoms. The monoisotopic (exact) mass is 600 g/mol. The van der Waals surface area contributed by atoms with Crippen molar-refractivity contribution < 1.29 is 24.2 Å². The zero-order valence-electron chi connectivity index (χ0n) is 24.6. The average Bonchev–Trinajstić information content (AvgIpc) is 3.08. The summed E-state index contributed by atoms with van der Waals surface area (Å²) in [5, 5.41) is 14.7. The van der Waals surface area contributed by atoms with E-state index in [0.29, 0.717) is 17.5 Å². The second kappa shape index (κ2) is 13.6. The van der Waals surface area contributed by atoms with Gasteiger partial charge < -0.3 is 14.6 Å². The number of ketones is 1. The number of carbonyl (C=O) groups excluding carboxylic acids is 3. The molecule has 0 aromatic heterocycles. The first kappa shape index (κ1) is 30.6. The Balaban J connectivity index is 1.87. The summed E-state index contributed by atoms with van der Waals surface area (Å²) in [4.78, 5) is 42.0. The highest BCUT2D eigenvalue weighted by atomic mass is 31.2. The Kier molecular flexibility index (Phi) is 9.47. The predicted octanol–water partition coefficient (Wildman–Crippen LogP) is 5.60. The minimum atomic E-state index is -3.10. The lowest BCUT2D eigenvalue weighted by Gasteiger charge is -2.33. The number of Topliss-reactive ketones (excluding diaryl/α,β-unsaturated/α-hetero) is 1. The van der Waals surface area contributed by atoms with Crippen LogP contribution in [-0.4, -0.2) is 29.5 Å². The molecule has 0 N–H and O–H groups in total. The minimum absolute atomic E-state index is 0.0401. The maximum atomic E-state index is 15.3. The van der Waals surface area contributed by atoms with E-state index in [2.05, 4.69) is 0 Å². The van der Waals surface area contributed by atoms with Crippen LogP contribution >= 0.6 is 7.26 Å². The summed E-state index contributed by atoms with van der Waals surface area (Å²) in [6, 6.07) is 42.4. The molecule has 44 heavy (non-hydrogen) atoms. The minimum Gasteiger partial charge on any atom is -0.545 e. The molecule has 5 aromatic rings. The van der Waals surface area contributed by atoms with Gasteiger partial charge in [0.05, 0.1) is 12.1 Å². The summed E-state index contributed by atoms with van der Waals surface area (Å²) >= 11 is 0. The van der Waals surface area contributed by atoms with Crippen LogP contribution in [-0.2, 0) is 9.53 Å². The Morgan fingerprint density at radius 3 is 1.43 bits per heavy atom. The van der Waals surface area contributed by atoms with E-state index in [1.807, 2.05) is 105 Å². The quantitative estimate of drug-likeness (QED) is 0.0853. The van der Waals surface area contributed by atoms with Gasteiger partial charge in [-0.2, -0.15) is 0 Å². The lowest BCUT2D eigenvalue weighted by atomic mass is 9.92. The molecule has 5 nitrogen and oxygen atoms in total. The molecule has 0 radical (unpaired) electrons. The molecule has 5 rings (SSSR count). The lowest BCUT2D eigenvalue weighted by Crippen LogP contribution is -2.47. The molecule has 0 saturated carbocycles. The number of rotatable bonds is 11. The van der Waals surface area contributed by atoms with Crippen LogP contribution < -0.4 is 21.0 Å². The molecule has 6 heteroatoms. The number of carboxylic acids is 1. The van der Waals surface area contributed by atoms with Crippen molar-refractivity contribution in [3.8, 4) is 11.1 Å². The van der Waals surface area contributed by atoms with Gasteiger partial charge in [0.25, 0.3) is 0 Å². The molecule has 0 bridgehead atoms. The Labute approximate surface area is 258 Å². The second-order valence-corrected chi connectivity index (χ2v) is 14.0. The van der Waals surface area contributed by atoms with E-state index in [1.54, 1.807) is 42.5 Å². The van der Waals surface area contributed by atoms with Crippen molar-refractivity contribution in [1.29, 1.82) is 0 Å². The fraction of sp³-hybridized carbons (Fsp3) is 0.132. The van der Waals surface area contributed by atoms with Gasteiger partial charge in [-0.05, 0) is 60.9 Å². The van der Waals surface area contributed by atoms with Crippen molar-refractivity contribution in [2.75, 3.05) is 0 Å². The third-order valence-electron chi connectivity index (χ3n) is 7.87. The second-order valence-electron chi connectivity index (χ2n) is 10.5. The largest absolute Gasteiger partial charge is 0.545 e. The molecule has 0 heterocycles. The van der Waals surface area contributed by atoms with E-state index >= 15 is 4.79 Å². The number of esters is 1. The molecule has 0 aliphatic rings. The van der Waals surface area contributed by atoms with E-state index in [-0.39, 0.29) is 11.1 Å². The Morgan fingerprint density at radius 2 is 1.00 bits per heavy atom. The number of hydrogen-bond donors (Lipinski definition) is 0. The van der Waals surface area contributed by atoms with Crippen molar-refractivity contribution in [3.05, 3.63) is 151 Å². The van der Waals surface area contributed by atoms with Crippen LogP contribution in [0.5, 0.6) is 0 Å². The standard InChI is InChI=1S/C38H33O5P/c1-3-27(2)43-38(42)36(35(39)33-25-15-13-23-31(33)32-24-14-16-26-34(32)37(40)41)44(28-17-7-4-8-18-28,29-19-9-5-10-20-29)30-21-11-6-12-22-30/h4-27,36H,3H2,1-2H3. The number of carboxylic acid groups (broad SMARTS) is 1. The Hall–Kier alpha value is -4.86. The number of ether oxygens (including phenoxy) is 1. The van der Waals surface area contributed by atoms with Crippen molar-refractivity contribution in [2.24, 2.45) is 0 Å². The maximum Gasteiger partial charge on any atom is 0.356 e. The third kappa shape index (κ3) is 5.84. The van der Waals surface area contributed by atoms with E-state index < -0.39 is 36.7 Å². The van der Waals surface area contributed by atoms with Crippen molar-refractivity contribution in [2.45, 2.75) is 32.0 Å². The highest BCUT2D eigenvalue weighted by molar-refractivity contribution is 7.97. The van der Waals surface area contributed by atoms with Crippen LogP contribution in [0.25, 0.3) is 11.1 Å². The first-order chi connectivity index (χ1) is 21.4. The van der Waals surface area contributed by atoms with Crippen molar-refractivity contribution >= 4 is 40.9 Å². The zero-order chi connectivity index (χ0) is 31.1. The highest BCUT2D eigenvalue weighted by Crippen LogP contribution is 2.61. The third-order valence-corrected chi connectivity index (χ3v) is 12.4. The van der Waals surface area contributed by atoms with Crippen molar-refractivity contribution in [3.63, 3.8) is 0 Å². The number of hydrogen-bond acceptors (Lipinski definition) is 5. The topological polar surface area (TPSA) is 83.5 Å². The number of carbonyl (C=O) groups is 3. The smallest absolute Gasteiger partial charge is 0.356 e. The summed E-state index contributed by atoms with van der Waals surface area (Å²) in [5.41, 5.74) is -0.319. The molecule has 220 valence electrons. The van der Waals surface area contributed by atoms with Gasteiger partial charge in [-0.3, -0.25) is 4.79 Å². The molecular formula is C38H33O5P. The van der Waals surface area contributed by atoms with Gasteiger partial charge in [0.2, 0.25) is 11.4 Å². The number of benzene rings is 5. The first-order valence-corrected chi connectivity index (χ1v) is 16.5. The van der Waals surface area contributed by atoms with Crippen molar-refractivity contribution in [1.82, 2.24) is 0 Å². The summed E-state index contributed by atoms with van der Waals surface area (Å²) in [6.45, 7) is 3.74. The first-order valence-electron chi connectivity index (χ1n) is 14.6. The predicted molar refractivity (Wildman–Crippen MR) is 175 cm³/mol. The molecule has 2 atom stereocenters. The van der Waals surface area contributed by atoms with Crippen LogP contribution in [0.2, 0.25) is 0 Å². The van der Waals surface area contributed by atoms with Gasteiger partial charge in [-0.15, -0.1) is 0 Å². The zero-order valence-corrected chi connectivity index (χ0v) is 25.5. The van der Waals surface area contributed by atoms with Crippen LogP contribution in [0.15, 0.2) is 140 Å². The Bertz CT molecular complexity index is 1660. The molecule has 0 amide bonds. The molecular weight excluding hydrogens is 567 g/mol. The van der Waals surface area contributed by atoms with Gasteiger partial charge in [0.15, 0.2) is 0 Å². The van der Waals surface area contributed by atoms with E-state index in [0.717, 1.165) is 15.9 Å².